The van der Waals surface area contributed by atoms with E-state index in [1.807, 2.05) is 25.1 Å². The summed E-state index contributed by atoms with van der Waals surface area (Å²) in [7, 11) is 0. The number of amides is 2. The van der Waals surface area contributed by atoms with Crippen LogP contribution in [0, 0.1) is 5.82 Å². The molecule has 196 valence electrons. The van der Waals surface area contributed by atoms with E-state index < -0.39 is 5.82 Å². The minimum atomic E-state index is -0.391. The molecule has 0 saturated carbocycles. The molecule has 3 aromatic carbocycles. The van der Waals surface area contributed by atoms with Crippen molar-refractivity contribution in [2.45, 2.75) is 26.7 Å². The van der Waals surface area contributed by atoms with Crippen LogP contribution in [0.25, 0.3) is 6.08 Å². The van der Waals surface area contributed by atoms with E-state index in [1.54, 1.807) is 30.3 Å². The van der Waals surface area contributed by atoms with Crippen LogP contribution < -0.4 is 19.7 Å². The van der Waals surface area contributed by atoms with Gasteiger partial charge in [-0.05, 0) is 79.6 Å². The Bertz CT molecular complexity index is 1380. The van der Waals surface area contributed by atoms with Gasteiger partial charge in [0.15, 0.2) is 15.8 Å². The second-order valence-electron chi connectivity index (χ2n) is 8.37. The first kappa shape index (κ1) is 27.3. The van der Waals surface area contributed by atoms with E-state index in [1.165, 1.54) is 40.9 Å². The topological polar surface area (TPSA) is 67.9 Å². The predicted octanol–water partition coefficient (Wildman–Crippen LogP) is 7.06. The molecule has 3 aromatic rings. The summed E-state index contributed by atoms with van der Waals surface area (Å²) in [6.45, 7) is 5.10. The van der Waals surface area contributed by atoms with E-state index in [0.717, 1.165) is 18.4 Å². The van der Waals surface area contributed by atoms with Crippen molar-refractivity contribution in [3.8, 4) is 11.5 Å². The van der Waals surface area contributed by atoms with Crippen molar-refractivity contribution in [2.24, 2.45) is 0 Å². The molecular formula is C29H27FN2O4S2. The second kappa shape index (κ2) is 12.7. The third-order valence-electron chi connectivity index (χ3n) is 5.58. The van der Waals surface area contributed by atoms with E-state index in [-0.39, 0.29) is 11.8 Å². The Kier molecular flexibility index (Phi) is 9.15. The number of rotatable bonds is 10. The smallest absolute Gasteiger partial charge is 0.270 e. The molecule has 1 aliphatic heterocycles. The molecule has 0 unspecified atom stereocenters. The molecule has 0 bridgehead atoms. The highest BCUT2D eigenvalue weighted by Crippen LogP contribution is 2.37. The van der Waals surface area contributed by atoms with Gasteiger partial charge in [0.25, 0.3) is 11.8 Å². The lowest BCUT2D eigenvalue weighted by molar-refractivity contribution is -0.113. The number of nitrogens with one attached hydrogen (secondary N) is 1. The van der Waals surface area contributed by atoms with Crippen LogP contribution in [0.4, 0.5) is 15.8 Å². The van der Waals surface area contributed by atoms with Crippen LogP contribution in [-0.4, -0.2) is 29.3 Å². The maximum absolute atomic E-state index is 13.3. The van der Waals surface area contributed by atoms with Crippen LogP contribution in [0.1, 0.15) is 42.6 Å². The molecule has 1 N–H and O–H groups in total. The standard InChI is InChI=1S/C29H27FN2O4S2/c1-3-5-15-36-24-14-9-19(16-25(24)35-4-2)17-26-28(34)32(29(37)38-26)23-8-6-7-20(18-23)27(33)31-22-12-10-21(30)11-13-22/h6-14,16-18H,3-5,15H2,1-2H3,(H,31,33)/b26-17+. The average molecular weight is 551 g/mol. The van der Waals surface area contributed by atoms with E-state index in [0.29, 0.717) is 50.9 Å². The SMILES string of the molecule is CCCCOc1ccc(/C=C2/SC(=S)N(c3cccc(C(=O)Nc4ccc(F)cc4)c3)C2=O)cc1OCC. The lowest BCUT2D eigenvalue weighted by Crippen LogP contribution is -2.27. The summed E-state index contributed by atoms with van der Waals surface area (Å²) in [5, 5.41) is 2.72. The van der Waals surface area contributed by atoms with Gasteiger partial charge in [0.2, 0.25) is 0 Å². The van der Waals surface area contributed by atoms with Gasteiger partial charge in [0, 0.05) is 11.3 Å². The molecule has 6 nitrogen and oxygen atoms in total. The summed E-state index contributed by atoms with van der Waals surface area (Å²) in [6, 6.07) is 17.7. The van der Waals surface area contributed by atoms with Gasteiger partial charge in [0.1, 0.15) is 5.82 Å². The van der Waals surface area contributed by atoms with Crippen LogP contribution in [0.5, 0.6) is 11.5 Å². The highest BCUT2D eigenvalue weighted by Gasteiger charge is 2.33. The van der Waals surface area contributed by atoms with E-state index in [9.17, 15) is 14.0 Å². The normalized spacial score (nSPS) is 14.2. The molecule has 0 aromatic heterocycles. The first-order chi connectivity index (χ1) is 18.4. The highest BCUT2D eigenvalue weighted by molar-refractivity contribution is 8.27. The van der Waals surface area contributed by atoms with Crippen LogP contribution in [0.3, 0.4) is 0 Å². The number of thiocarbonyl (C=S) groups is 1. The Labute approximate surface area is 230 Å². The molecule has 38 heavy (non-hydrogen) atoms. The maximum Gasteiger partial charge on any atom is 0.270 e. The molecule has 0 aliphatic carbocycles. The van der Waals surface area contributed by atoms with Crippen molar-refractivity contribution >= 4 is 57.6 Å². The number of nitrogens with zero attached hydrogens (tertiary/aromatic N) is 1. The van der Waals surface area contributed by atoms with E-state index in [2.05, 4.69) is 12.2 Å². The molecule has 1 saturated heterocycles. The molecule has 1 fully saturated rings. The molecule has 1 heterocycles. The van der Waals surface area contributed by atoms with Crippen molar-refractivity contribution in [2.75, 3.05) is 23.4 Å². The van der Waals surface area contributed by atoms with Gasteiger partial charge >= 0.3 is 0 Å². The molecule has 4 rings (SSSR count). The van der Waals surface area contributed by atoms with Gasteiger partial charge in [-0.25, -0.2) is 4.39 Å². The fourth-order valence-electron chi connectivity index (χ4n) is 3.69. The number of anilines is 2. The summed E-state index contributed by atoms with van der Waals surface area (Å²) >= 11 is 6.70. The number of thioether (sulfide) groups is 1. The third kappa shape index (κ3) is 6.59. The Morgan fingerprint density at radius 3 is 2.58 bits per heavy atom. The monoisotopic (exact) mass is 550 g/mol. The summed E-state index contributed by atoms with van der Waals surface area (Å²) < 4.78 is 25.1. The number of hydrogen-bond acceptors (Lipinski definition) is 6. The fraction of sp³-hybridized carbons (Fsp3) is 0.207. The quantitative estimate of drug-likeness (QED) is 0.166. The number of halogens is 1. The lowest BCUT2D eigenvalue weighted by Gasteiger charge is -2.15. The first-order valence-corrected chi connectivity index (χ1v) is 13.5. The van der Waals surface area contributed by atoms with Crippen LogP contribution in [0.15, 0.2) is 71.6 Å². The van der Waals surface area contributed by atoms with Gasteiger partial charge in [0.05, 0.1) is 23.8 Å². The summed E-state index contributed by atoms with van der Waals surface area (Å²) in [6.07, 6.45) is 3.75. The lowest BCUT2D eigenvalue weighted by atomic mass is 10.1. The molecule has 0 spiro atoms. The van der Waals surface area contributed by atoms with Gasteiger partial charge in [-0.1, -0.05) is 49.5 Å². The number of unbranched alkanes of at least 4 members (excludes halogenated alkanes) is 1. The van der Waals surface area contributed by atoms with Gasteiger partial charge in [-0.2, -0.15) is 0 Å². The highest BCUT2D eigenvalue weighted by atomic mass is 32.2. The van der Waals surface area contributed by atoms with Crippen molar-refractivity contribution in [3.05, 3.63) is 88.6 Å². The van der Waals surface area contributed by atoms with Gasteiger partial charge in [-0.3, -0.25) is 14.5 Å². The molecular weight excluding hydrogens is 523 g/mol. The van der Waals surface area contributed by atoms with Crippen LogP contribution in [0.2, 0.25) is 0 Å². The predicted molar refractivity (Wildman–Crippen MR) is 154 cm³/mol. The third-order valence-corrected chi connectivity index (χ3v) is 6.89. The zero-order chi connectivity index (χ0) is 27.1. The largest absolute Gasteiger partial charge is 0.490 e. The second-order valence-corrected chi connectivity index (χ2v) is 10.0. The van der Waals surface area contributed by atoms with E-state index >= 15 is 0 Å². The summed E-state index contributed by atoms with van der Waals surface area (Å²) in [5.41, 5.74) is 2.06. The number of hydrogen-bond donors (Lipinski definition) is 1. The Hall–Kier alpha value is -3.69. The van der Waals surface area contributed by atoms with Crippen molar-refractivity contribution < 1.29 is 23.5 Å². The number of carbonyl (C=O) groups is 2. The van der Waals surface area contributed by atoms with Crippen LogP contribution >= 0.6 is 24.0 Å². The molecule has 0 atom stereocenters. The van der Waals surface area contributed by atoms with Gasteiger partial charge in [-0.15, -0.1) is 0 Å². The molecule has 9 heteroatoms. The Morgan fingerprint density at radius 2 is 1.84 bits per heavy atom. The zero-order valence-corrected chi connectivity index (χ0v) is 22.7. The van der Waals surface area contributed by atoms with Gasteiger partial charge < -0.3 is 14.8 Å². The zero-order valence-electron chi connectivity index (χ0n) is 21.0. The minimum Gasteiger partial charge on any atom is -0.490 e. The van der Waals surface area contributed by atoms with E-state index in [4.69, 9.17) is 21.7 Å². The first-order valence-electron chi connectivity index (χ1n) is 12.2. The molecule has 2 amide bonds. The summed E-state index contributed by atoms with van der Waals surface area (Å²) in [5.74, 6) is 0.229. The average Bonchev–Trinajstić information content (AvgIpc) is 3.19. The minimum absolute atomic E-state index is 0.280. The fourth-order valence-corrected chi connectivity index (χ4v) is 4.99. The summed E-state index contributed by atoms with van der Waals surface area (Å²) in [4.78, 5) is 28.0. The molecule has 0 radical (unpaired) electrons. The number of benzene rings is 3. The van der Waals surface area contributed by atoms with Crippen molar-refractivity contribution in [1.82, 2.24) is 0 Å². The molecule has 1 aliphatic rings. The van der Waals surface area contributed by atoms with Crippen molar-refractivity contribution in [1.29, 1.82) is 0 Å². The number of ether oxygens (including phenoxy) is 2. The van der Waals surface area contributed by atoms with Crippen molar-refractivity contribution in [3.63, 3.8) is 0 Å². The number of carbonyl (C=O) groups excluding carboxylic acids is 2. The maximum atomic E-state index is 13.3. The Morgan fingerprint density at radius 1 is 1.05 bits per heavy atom. The Balaban J connectivity index is 1.53. The van der Waals surface area contributed by atoms with Crippen LogP contribution in [-0.2, 0) is 4.79 Å².